The molecular weight excluding hydrogens is 255 g/mol. The molecule has 0 saturated carbocycles. The summed E-state index contributed by atoms with van der Waals surface area (Å²) in [5.74, 6) is -2.05. The largest absolute Gasteiger partial charge is 0.450 e. The van der Waals surface area contributed by atoms with Crippen LogP contribution in [0.15, 0.2) is 4.52 Å². The zero-order valence-corrected chi connectivity index (χ0v) is 9.24. The zero-order valence-electron chi connectivity index (χ0n) is 9.24. The second kappa shape index (κ2) is 4.92. The standard InChI is InChI=1S/C9H10F3N3O3/c10-9(11,12)6(16)5-7-13-8(14-18-7)15-1-3-17-4-2-15/h1-5H2. The quantitative estimate of drug-likeness (QED) is 0.796. The van der Waals surface area contributed by atoms with Gasteiger partial charge in [0.15, 0.2) is 0 Å². The lowest BCUT2D eigenvalue weighted by Crippen LogP contribution is -2.36. The summed E-state index contributed by atoms with van der Waals surface area (Å²) in [5, 5.41) is 3.54. The van der Waals surface area contributed by atoms with Crippen molar-refractivity contribution >= 4 is 11.7 Å². The van der Waals surface area contributed by atoms with Gasteiger partial charge in [0.1, 0.15) is 0 Å². The Morgan fingerprint density at radius 1 is 1.33 bits per heavy atom. The second-order valence-electron chi connectivity index (χ2n) is 3.69. The normalized spacial score (nSPS) is 16.9. The molecule has 0 aromatic carbocycles. The molecule has 18 heavy (non-hydrogen) atoms. The number of rotatable bonds is 3. The van der Waals surface area contributed by atoms with Gasteiger partial charge in [-0.15, -0.1) is 0 Å². The molecule has 0 atom stereocenters. The monoisotopic (exact) mass is 265 g/mol. The van der Waals surface area contributed by atoms with Crippen molar-refractivity contribution in [3.63, 3.8) is 0 Å². The van der Waals surface area contributed by atoms with Gasteiger partial charge in [-0.2, -0.15) is 18.2 Å². The maximum absolute atomic E-state index is 12.0. The summed E-state index contributed by atoms with van der Waals surface area (Å²) in [6, 6.07) is 0. The summed E-state index contributed by atoms with van der Waals surface area (Å²) < 4.78 is 45.8. The Morgan fingerprint density at radius 3 is 2.61 bits per heavy atom. The number of ether oxygens (including phenoxy) is 1. The molecule has 6 nitrogen and oxygen atoms in total. The highest BCUT2D eigenvalue weighted by atomic mass is 19.4. The number of morpholine rings is 1. The molecule has 1 saturated heterocycles. The maximum atomic E-state index is 12.0. The first-order valence-corrected chi connectivity index (χ1v) is 5.22. The van der Waals surface area contributed by atoms with E-state index in [9.17, 15) is 18.0 Å². The summed E-state index contributed by atoms with van der Waals surface area (Å²) in [4.78, 5) is 16.2. The number of ketones is 1. The van der Waals surface area contributed by atoms with Gasteiger partial charge in [0, 0.05) is 13.1 Å². The van der Waals surface area contributed by atoms with Crippen molar-refractivity contribution in [1.82, 2.24) is 10.1 Å². The minimum Gasteiger partial charge on any atom is -0.378 e. The van der Waals surface area contributed by atoms with Crippen molar-refractivity contribution in [2.24, 2.45) is 0 Å². The summed E-state index contributed by atoms with van der Waals surface area (Å²) in [5.41, 5.74) is 0. The fraction of sp³-hybridized carbons (Fsp3) is 0.667. The molecule has 9 heteroatoms. The van der Waals surface area contributed by atoms with Crippen molar-refractivity contribution in [1.29, 1.82) is 0 Å². The Hall–Kier alpha value is -1.64. The number of halogens is 3. The third-order valence-corrected chi connectivity index (χ3v) is 2.38. The lowest BCUT2D eigenvalue weighted by molar-refractivity contribution is -0.170. The molecule has 1 aromatic rings. The molecule has 1 fully saturated rings. The lowest BCUT2D eigenvalue weighted by Gasteiger charge is -2.24. The summed E-state index contributed by atoms with van der Waals surface area (Å²) in [6.07, 6.45) is -5.81. The smallest absolute Gasteiger partial charge is 0.378 e. The number of carbonyl (C=O) groups is 1. The molecule has 0 unspecified atom stereocenters. The zero-order chi connectivity index (χ0) is 13.2. The van der Waals surface area contributed by atoms with Crippen molar-refractivity contribution in [2.75, 3.05) is 31.2 Å². The molecule has 2 rings (SSSR count). The van der Waals surface area contributed by atoms with Gasteiger partial charge in [0.2, 0.25) is 11.7 Å². The first-order chi connectivity index (χ1) is 8.47. The topological polar surface area (TPSA) is 68.5 Å². The van der Waals surface area contributed by atoms with Gasteiger partial charge in [0.25, 0.3) is 5.95 Å². The highest BCUT2D eigenvalue weighted by molar-refractivity contribution is 5.85. The van der Waals surface area contributed by atoms with Gasteiger partial charge in [-0.25, -0.2) is 0 Å². The van der Waals surface area contributed by atoms with Gasteiger partial charge in [-0.3, -0.25) is 4.79 Å². The number of Topliss-reactive ketones (excluding diaryl/α,β-unsaturated/α-hetero) is 1. The van der Waals surface area contributed by atoms with Crippen molar-refractivity contribution in [3.8, 4) is 0 Å². The van der Waals surface area contributed by atoms with E-state index in [0.717, 1.165) is 0 Å². The lowest BCUT2D eigenvalue weighted by atomic mass is 10.3. The van der Waals surface area contributed by atoms with E-state index in [2.05, 4.69) is 14.7 Å². The van der Waals surface area contributed by atoms with E-state index in [1.165, 1.54) is 0 Å². The van der Waals surface area contributed by atoms with E-state index in [0.29, 0.717) is 26.3 Å². The van der Waals surface area contributed by atoms with Gasteiger partial charge < -0.3 is 14.2 Å². The van der Waals surface area contributed by atoms with Crippen LogP contribution in [-0.2, 0) is 16.0 Å². The van der Waals surface area contributed by atoms with E-state index >= 15 is 0 Å². The fourth-order valence-electron chi connectivity index (χ4n) is 1.45. The predicted octanol–water partition coefficient (Wildman–Crippen LogP) is 0.580. The molecular formula is C9H10F3N3O3. The minimum absolute atomic E-state index is 0.184. The average molecular weight is 265 g/mol. The predicted molar refractivity (Wildman–Crippen MR) is 52.1 cm³/mol. The van der Waals surface area contributed by atoms with Crippen LogP contribution >= 0.6 is 0 Å². The average Bonchev–Trinajstić information content (AvgIpc) is 2.77. The maximum Gasteiger partial charge on any atom is 0.450 e. The number of nitrogens with zero attached hydrogens (tertiary/aromatic N) is 3. The number of carbonyl (C=O) groups excluding carboxylic acids is 1. The number of alkyl halides is 3. The molecule has 0 radical (unpaired) electrons. The van der Waals surface area contributed by atoms with Crippen molar-refractivity contribution in [3.05, 3.63) is 5.89 Å². The number of hydrogen-bond donors (Lipinski definition) is 0. The summed E-state index contributed by atoms with van der Waals surface area (Å²) in [7, 11) is 0. The third kappa shape index (κ3) is 2.97. The number of anilines is 1. The molecule has 0 spiro atoms. The number of hydrogen-bond acceptors (Lipinski definition) is 6. The van der Waals surface area contributed by atoms with Crippen LogP contribution in [0.5, 0.6) is 0 Å². The van der Waals surface area contributed by atoms with E-state index < -0.39 is 18.4 Å². The van der Waals surface area contributed by atoms with Gasteiger partial charge in [-0.05, 0) is 5.16 Å². The first-order valence-electron chi connectivity index (χ1n) is 5.22. The van der Waals surface area contributed by atoms with E-state index in [4.69, 9.17) is 4.74 Å². The van der Waals surface area contributed by atoms with E-state index in [-0.39, 0.29) is 11.8 Å². The molecule has 2 heterocycles. The van der Waals surface area contributed by atoms with Crippen LogP contribution in [0.25, 0.3) is 0 Å². The molecule has 100 valence electrons. The molecule has 0 aliphatic carbocycles. The van der Waals surface area contributed by atoms with Crippen molar-refractivity contribution < 1.29 is 27.2 Å². The van der Waals surface area contributed by atoms with Crippen LogP contribution in [0.4, 0.5) is 19.1 Å². The molecule has 1 aliphatic rings. The third-order valence-electron chi connectivity index (χ3n) is 2.38. The van der Waals surface area contributed by atoms with Gasteiger partial charge in [0.05, 0.1) is 19.6 Å². The molecule has 0 N–H and O–H groups in total. The van der Waals surface area contributed by atoms with Crippen LogP contribution in [0, 0.1) is 0 Å². The summed E-state index contributed by atoms with van der Waals surface area (Å²) >= 11 is 0. The van der Waals surface area contributed by atoms with E-state index in [1.807, 2.05) is 0 Å². The highest BCUT2D eigenvalue weighted by Gasteiger charge is 2.39. The van der Waals surface area contributed by atoms with Crippen LogP contribution in [0.2, 0.25) is 0 Å². The Labute approximate surface area is 99.7 Å². The Morgan fingerprint density at radius 2 is 2.00 bits per heavy atom. The van der Waals surface area contributed by atoms with Gasteiger partial charge in [-0.1, -0.05) is 0 Å². The fourth-order valence-corrected chi connectivity index (χ4v) is 1.45. The van der Waals surface area contributed by atoms with Crippen LogP contribution in [-0.4, -0.2) is 48.4 Å². The van der Waals surface area contributed by atoms with Crippen LogP contribution < -0.4 is 4.90 Å². The Kier molecular flexibility index (Phi) is 3.50. The Balaban J connectivity index is 1.99. The second-order valence-corrected chi connectivity index (χ2v) is 3.69. The molecule has 1 aromatic heterocycles. The van der Waals surface area contributed by atoms with Gasteiger partial charge >= 0.3 is 6.18 Å². The number of aromatic nitrogens is 2. The highest BCUT2D eigenvalue weighted by Crippen LogP contribution is 2.19. The first kappa shape index (κ1) is 12.8. The minimum atomic E-state index is -4.88. The SMILES string of the molecule is O=C(Cc1nc(N2CCOCC2)no1)C(F)(F)F. The molecule has 0 amide bonds. The molecule has 0 bridgehead atoms. The van der Waals surface area contributed by atoms with Crippen LogP contribution in [0.1, 0.15) is 5.89 Å². The Bertz CT molecular complexity index is 426. The van der Waals surface area contributed by atoms with E-state index in [1.54, 1.807) is 4.90 Å². The molecule has 1 aliphatic heterocycles. The van der Waals surface area contributed by atoms with Crippen LogP contribution in [0.3, 0.4) is 0 Å². The summed E-state index contributed by atoms with van der Waals surface area (Å²) in [6.45, 7) is 2.05. The van der Waals surface area contributed by atoms with Crippen molar-refractivity contribution in [2.45, 2.75) is 12.6 Å².